The molecule has 0 aromatic heterocycles. The third kappa shape index (κ3) is 3.88. The molecule has 1 unspecified atom stereocenters. The fourth-order valence-corrected chi connectivity index (χ4v) is 4.51. The number of hydrogen-bond acceptors (Lipinski definition) is 1. The van der Waals surface area contributed by atoms with Crippen LogP contribution in [0.1, 0.15) is 76.3 Å². The van der Waals surface area contributed by atoms with Gasteiger partial charge in [0.15, 0.2) is 0 Å². The maximum atomic E-state index is 4.04. The van der Waals surface area contributed by atoms with Crippen molar-refractivity contribution in [2.24, 2.45) is 11.8 Å². The minimum atomic E-state index is 0.571. The molecule has 0 heterocycles. The van der Waals surface area contributed by atoms with Crippen molar-refractivity contribution in [3.8, 4) is 0 Å². The van der Waals surface area contributed by atoms with Gasteiger partial charge < -0.3 is 5.32 Å². The first-order valence-electron chi connectivity index (χ1n) is 9.15. The van der Waals surface area contributed by atoms with Crippen LogP contribution in [0, 0.1) is 11.8 Å². The van der Waals surface area contributed by atoms with Crippen LogP contribution in [-0.4, -0.2) is 6.04 Å². The lowest BCUT2D eigenvalue weighted by Crippen LogP contribution is -2.39. The Morgan fingerprint density at radius 3 is 2.05 bits per heavy atom. The fourth-order valence-electron chi connectivity index (χ4n) is 4.51. The highest BCUT2D eigenvalue weighted by atomic mass is 15.0. The van der Waals surface area contributed by atoms with Crippen molar-refractivity contribution in [1.82, 2.24) is 5.32 Å². The monoisotopic (exact) mass is 285 g/mol. The van der Waals surface area contributed by atoms with E-state index in [2.05, 4.69) is 42.6 Å². The summed E-state index contributed by atoms with van der Waals surface area (Å²) in [4.78, 5) is 0. The Labute approximate surface area is 130 Å². The molecule has 1 aromatic rings. The van der Waals surface area contributed by atoms with Gasteiger partial charge in [-0.3, -0.25) is 0 Å². The van der Waals surface area contributed by atoms with Crippen molar-refractivity contribution < 1.29 is 0 Å². The van der Waals surface area contributed by atoms with Crippen molar-refractivity contribution >= 4 is 0 Å². The third-order valence-electron chi connectivity index (χ3n) is 5.83. The second-order valence-corrected chi connectivity index (χ2v) is 7.29. The van der Waals surface area contributed by atoms with Gasteiger partial charge in [-0.2, -0.15) is 0 Å². The number of benzene rings is 1. The first kappa shape index (κ1) is 15.1. The van der Waals surface area contributed by atoms with Crippen LogP contribution in [0.15, 0.2) is 30.3 Å². The molecule has 2 aliphatic rings. The van der Waals surface area contributed by atoms with E-state index in [0.29, 0.717) is 12.1 Å². The van der Waals surface area contributed by atoms with Gasteiger partial charge in [-0.25, -0.2) is 0 Å². The summed E-state index contributed by atoms with van der Waals surface area (Å²) in [6.07, 6.45) is 12.8. The molecule has 0 bridgehead atoms. The van der Waals surface area contributed by atoms with Gasteiger partial charge in [-0.15, -0.1) is 0 Å². The largest absolute Gasteiger partial charge is 0.307 e. The van der Waals surface area contributed by atoms with Gasteiger partial charge in [0.1, 0.15) is 0 Å². The average molecular weight is 285 g/mol. The average Bonchev–Trinajstić information content (AvgIpc) is 3.09. The zero-order valence-electron chi connectivity index (χ0n) is 13.6. The van der Waals surface area contributed by atoms with Crippen LogP contribution in [0.4, 0.5) is 0 Å². The van der Waals surface area contributed by atoms with Gasteiger partial charge in [0, 0.05) is 12.1 Å². The van der Waals surface area contributed by atoms with E-state index in [1.165, 1.54) is 63.4 Å². The summed E-state index contributed by atoms with van der Waals surface area (Å²) < 4.78 is 0. The standard InChI is InChI=1S/C20H31N/c1-16(17-10-8-9-11-17)21-20(18-12-4-2-5-13-18)19-14-6-3-7-15-19/h2,4-5,12-13,16-17,19-21H,3,6-11,14-15H2,1H3/t16-,20?/m0/s1. The summed E-state index contributed by atoms with van der Waals surface area (Å²) >= 11 is 0. The van der Waals surface area contributed by atoms with E-state index >= 15 is 0 Å². The maximum absolute atomic E-state index is 4.04. The zero-order valence-corrected chi connectivity index (χ0v) is 13.6. The van der Waals surface area contributed by atoms with E-state index in [-0.39, 0.29) is 0 Å². The fraction of sp³-hybridized carbons (Fsp3) is 0.700. The Morgan fingerprint density at radius 2 is 1.38 bits per heavy atom. The summed E-state index contributed by atoms with van der Waals surface area (Å²) in [5.41, 5.74) is 1.51. The maximum Gasteiger partial charge on any atom is 0.0351 e. The van der Waals surface area contributed by atoms with Crippen LogP contribution >= 0.6 is 0 Å². The smallest absolute Gasteiger partial charge is 0.0351 e. The molecular weight excluding hydrogens is 254 g/mol. The minimum absolute atomic E-state index is 0.571. The van der Waals surface area contributed by atoms with Crippen molar-refractivity contribution in [3.63, 3.8) is 0 Å². The Morgan fingerprint density at radius 1 is 0.810 bits per heavy atom. The molecule has 21 heavy (non-hydrogen) atoms. The van der Waals surface area contributed by atoms with Crippen LogP contribution in [0.25, 0.3) is 0 Å². The SMILES string of the molecule is C[C@H](NC(c1ccccc1)C1CCCCC1)C1CCCC1. The molecule has 0 saturated heterocycles. The molecule has 2 fully saturated rings. The first-order chi connectivity index (χ1) is 10.3. The number of nitrogens with one attached hydrogen (secondary N) is 1. The summed E-state index contributed by atoms with van der Waals surface area (Å²) in [5, 5.41) is 4.04. The lowest BCUT2D eigenvalue weighted by molar-refractivity contribution is 0.234. The highest BCUT2D eigenvalue weighted by Gasteiger charge is 2.29. The molecule has 1 heteroatoms. The van der Waals surface area contributed by atoms with Gasteiger partial charge in [0.05, 0.1) is 0 Å². The van der Waals surface area contributed by atoms with Crippen LogP contribution in [0.3, 0.4) is 0 Å². The third-order valence-corrected chi connectivity index (χ3v) is 5.83. The van der Waals surface area contributed by atoms with E-state index < -0.39 is 0 Å². The van der Waals surface area contributed by atoms with Gasteiger partial charge in [-0.05, 0) is 50.0 Å². The molecule has 1 aromatic carbocycles. The van der Waals surface area contributed by atoms with E-state index in [1.807, 2.05) is 0 Å². The summed E-state index contributed by atoms with van der Waals surface area (Å²) in [7, 11) is 0. The lowest BCUT2D eigenvalue weighted by Gasteiger charge is -2.35. The molecule has 116 valence electrons. The summed E-state index contributed by atoms with van der Waals surface area (Å²) in [6, 6.07) is 12.4. The summed E-state index contributed by atoms with van der Waals surface area (Å²) in [6.45, 7) is 2.43. The minimum Gasteiger partial charge on any atom is -0.307 e. The van der Waals surface area contributed by atoms with Crippen LogP contribution in [-0.2, 0) is 0 Å². The molecule has 0 amide bonds. The number of hydrogen-bond donors (Lipinski definition) is 1. The van der Waals surface area contributed by atoms with Crippen LogP contribution < -0.4 is 5.32 Å². The molecular formula is C20H31N. The first-order valence-corrected chi connectivity index (χ1v) is 9.15. The zero-order chi connectivity index (χ0) is 14.5. The molecule has 0 radical (unpaired) electrons. The highest BCUT2D eigenvalue weighted by molar-refractivity contribution is 5.20. The Hall–Kier alpha value is -0.820. The van der Waals surface area contributed by atoms with E-state index in [0.717, 1.165) is 11.8 Å². The normalized spacial score (nSPS) is 24.0. The lowest BCUT2D eigenvalue weighted by atomic mass is 9.80. The summed E-state index contributed by atoms with van der Waals surface area (Å²) in [5.74, 6) is 1.74. The van der Waals surface area contributed by atoms with Crippen molar-refractivity contribution in [2.45, 2.75) is 76.8 Å². The Kier molecular flexibility index (Phi) is 5.35. The molecule has 2 aliphatic carbocycles. The number of rotatable bonds is 5. The highest BCUT2D eigenvalue weighted by Crippen LogP contribution is 2.36. The Balaban J connectivity index is 1.71. The predicted octanol–water partition coefficient (Wildman–Crippen LogP) is 5.48. The molecule has 0 aliphatic heterocycles. The molecule has 2 atom stereocenters. The molecule has 1 nitrogen and oxygen atoms in total. The molecule has 3 rings (SSSR count). The molecule has 0 spiro atoms. The second kappa shape index (κ2) is 7.45. The van der Waals surface area contributed by atoms with Crippen LogP contribution in [0.2, 0.25) is 0 Å². The second-order valence-electron chi connectivity index (χ2n) is 7.29. The van der Waals surface area contributed by atoms with Crippen LogP contribution in [0.5, 0.6) is 0 Å². The van der Waals surface area contributed by atoms with E-state index in [1.54, 1.807) is 0 Å². The van der Waals surface area contributed by atoms with Crippen molar-refractivity contribution in [3.05, 3.63) is 35.9 Å². The topological polar surface area (TPSA) is 12.0 Å². The van der Waals surface area contributed by atoms with Crippen molar-refractivity contribution in [1.29, 1.82) is 0 Å². The van der Waals surface area contributed by atoms with Gasteiger partial charge in [-0.1, -0.05) is 62.4 Å². The van der Waals surface area contributed by atoms with Gasteiger partial charge in [0.25, 0.3) is 0 Å². The van der Waals surface area contributed by atoms with E-state index in [9.17, 15) is 0 Å². The quantitative estimate of drug-likeness (QED) is 0.755. The molecule has 2 saturated carbocycles. The van der Waals surface area contributed by atoms with Gasteiger partial charge in [0.2, 0.25) is 0 Å². The Bertz CT molecular complexity index is 401. The molecule has 1 N–H and O–H groups in total. The van der Waals surface area contributed by atoms with E-state index in [4.69, 9.17) is 0 Å². The predicted molar refractivity (Wildman–Crippen MR) is 90.3 cm³/mol. The van der Waals surface area contributed by atoms with Gasteiger partial charge >= 0.3 is 0 Å². The van der Waals surface area contributed by atoms with Crippen molar-refractivity contribution in [2.75, 3.05) is 0 Å².